The van der Waals surface area contributed by atoms with Gasteiger partial charge in [-0.2, -0.15) is 0 Å². The molecule has 0 aliphatic carbocycles. The molecule has 0 fully saturated rings. The van der Waals surface area contributed by atoms with Gasteiger partial charge in [0.1, 0.15) is 11.8 Å². The molecule has 0 saturated carbocycles. The number of aromatic hydroxyl groups is 1. The molecule has 0 bridgehead atoms. The largest absolute Gasteiger partial charge is 0.508 e. The van der Waals surface area contributed by atoms with E-state index in [0.29, 0.717) is 13.0 Å². The van der Waals surface area contributed by atoms with Crippen LogP contribution in [0.3, 0.4) is 0 Å². The van der Waals surface area contributed by atoms with Crippen LogP contribution in [-0.2, 0) is 16.0 Å². The van der Waals surface area contributed by atoms with Crippen LogP contribution in [0.1, 0.15) is 44.6 Å². The zero-order valence-electron chi connectivity index (χ0n) is 13.3. The number of phenolic OH excluding ortho intramolecular Hbond substituents is 1. The van der Waals surface area contributed by atoms with E-state index in [0.717, 1.165) is 37.7 Å². The second kappa shape index (κ2) is 10.9. The van der Waals surface area contributed by atoms with E-state index in [4.69, 9.17) is 10.5 Å². The van der Waals surface area contributed by atoms with Crippen LogP contribution in [0.4, 0.5) is 0 Å². The number of ether oxygens (including phenoxy) is 1. The highest BCUT2D eigenvalue weighted by Gasteiger charge is 2.15. The zero-order valence-corrected chi connectivity index (χ0v) is 13.3. The number of hydrogen-bond donors (Lipinski definition) is 2. The Bertz CT molecular complexity index is 454. The minimum absolute atomic E-state index is 0.202. The lowest BCUT2D eigenvalue weighted by Gasteiger charge is -2.11. The maximum Gasteiger partial charge on any atom is 0.323 e. The Labute approximate surface area is 133 Å². The van der Waals surface area contributed by atoms with E-state index in [9.17, 15) is 9.90 Å². The van der Waals surface area contributed by atoms with Crippen LogP contribution in [-0.4, -0.2) is 23.7 Å². The summed E-state index contributed by atoms with van der Waals surface area (Å²) in [5.41, 5.74) is 6.74. The van der Waals surface area contributed by atoms with Gasteiger partial charge in [-0.05, 0) is 56.2 Å². The number of unbranched alkanes of at least 4 members (excludes halogenated alkanes) is 3. The van der Waals surface area contributed by atoms with Gasteiger partial charge in [-0.15, -0.1) is 0 Å². The maximum atomic E-state index is 11.8. The summed E-state index contributed by atoms with van der Waals surface area (Å²) >= 11 is 0. The van der Waals surface area contributed by atoms with Crippen molar-refractivity contribution in [3.63, 3.8) is 0 Å². The Hall–Kier alpha value is -1.81. The Balaban J connectivity index is 2.13. The van der Waals surface area contributed by atoms with E-state index in [1.54, 1.807) is 24.3 Å². The standard InChI is InChI=1S/C18H27NO3/c1-2-3-4-5-6-7-8-13-22-18(21)17(19)14-15-9-11-16(20)12-10-15/h3-4,9-12,17,20H,2,5-8,13-14,19H2,1H3/b4-3-/t17-/m0/s1. The number of esters is 1. The summed E-state index contributed by atoms with van der Waals surface area (Å²) < 4.78 is 5.20. The van der Waals surface area contributed by atoms with Gasteiger partial charge in [-0.3, -0.25) is 4.79 Å². The van der Waals surface area contributed by atoms with Crippen LogP contribution in [0.2, 0.25) is 0 Å². The summed E-state index contributed by atoms with van der Waals surface area (Å²) in [6.07, 6.45) is 9.99. The average Bonchev–Trinajstić information content (AvgIpc) is 2.52. The van der Waals surface area contributed by atoms with E-state index >= 15 is 0 Å². The quantitative estimate of drug-likeness (QED) is 0.395. The third-order valence-electron chi connectivity index (χ3n) is 3.36. The number of carbonyl (C=O) groups is 1. The molecule has 0 amide bonds. The fraction of sp³-hybridized carbons (Fsp3) is 0.500. The number of hydrogen-bond acceptors (Lipinski definition) is 4. The Morgan fingerprint density at radius 3 is 2.64 bits per heavy atom. The van der Waals surface area contributed by atoms with Gasteiger partial charge in [0.2, 0.25) is 0 Å². The van der Waals surface area contributed by atoms with Crippen LogP contribution < -0.4 is 5.73 Å². The predicted molar refractivity (Wildman–Crippen MR) is 88.6 cm³/mol. The first-order chi connectivity index (χ1) is 10.6. The van der Waals surface area contributed by atoms with Gasteiger partial charge in [0.25, 0.3) is 0 Å². The van der Waals surface area contributed by atoms with Crippen molar-refractivity contribution in [1.29, 1.82) is 0 Å². The topological polar surface area (TPSA) is 72.5 Å². The van der Waals surface area contributed by atoms with Crippen LogP contribution >= 0.6 is 0 Å². The van der Waals surface area contributed by atoms with Crippen LogP contribution in [0.25, 0.3) is 0 Å². The van der Waals surface area contributed by atoms with Gasteiger partial charge >= 0.3 is 5.97 Å². The summed E-state index contributed by atoms with van der Waals surface area (Å²) in [7, 11) is 0. The van der Waals surface area contributed by atoms with Gasteiger partial charge in [-0.25, -0.2) is 0 Å². The molecule has 22 heavy (non-hydrogen) atoms. The lowest BCUT2D eigenvalue weighted by molar-refractivity contribution is -0.145. The summed E-state index contributed by atoms with van der Waals surface area (Å²) in [6, 6.07) is 6.02. The lowest BCUT2D eigenvalue weighted by Crippen LogP contribution is -2.34. The smallest absolute Gasteiger partial charge is 0.323 e. The van der Waals surface area contributed by atoms with Crippen molar-refractivity contribution >= 4 is 5.97 Å². The second-order valence-corrected chi connectivity index (χ2v) is 5.37. The molecule has 0 radical (unpaired) electrons. The molecule has 0 aromatic heterocycles. The molecule has 3 N–H and O–H groups in total. The van der Waals surface area contributed by atoms with Crippen LogP contribution in [0.5, 0.6) is 5.75 Å². The molecule has 122 valence electrons. The van der Waals surface area contributed by atoms with E-state index in [1.165, 1.54) is 0 Å². The van der Waals surface area contributed by atoms with Gasteiger partial charge < -0.3 is 15.6 Å². The third kappa shape index (κ3) is 7.84. The molecule has 1 rings (SSSR count). The van der Waals surface area contributed by atoms with Crippen molar-refractivity contribution in [3.05, 3.63) is 42.0 Å². The maximum absolute atomic E-state index is 11.8. The highest BCUT2D eigenvalue weighted by Crippen LogP contribution is 2.11. The third-order valence-corrected chi connectivity index (χ3v) is 3.36. The molecule has 0 heterocycles. The molecule has 1 aromatic rings. The first-order valence-corrected chi connectivity index (χ1v) is 7.98. The number of nitrogens with two attached hydrogens (primary N) is 1. The van der Waals surface area contributed by atoms with Crippen molar-refractivity contribution < 1.29 is 14.6 Å². The number of benzene rings is 1. The zero-order chi connectivity index (χ0) is 16.2. The van der Waals surface area contributed by atoms with E-state index in [-0.39, 0.29) is 11.7 Å². The number of phenols is 1. The van der Waals surface area contributed by atoms with Crippen LogP contribution in [0, 0.1) is 0 Å². The van der Waals surface area contributed by atoms with Gasteiger partial charge in [0.15, 0.2) is 0 Å². The number of allylic oxidation sites excluding steroid dienone is 2. The predicted octanol–water partition coefficient (Wildman–Crippen LogP) is 3.33. The van der Waals surface area contributed by atoms with Crippen molar-refractivity contribution in [2.75, 3.05) is 6.61 Å². The van der Waals surface area contributed by atoms with Crippen molar-refractivity contribution in [3.8, 4) is 5.75 Å². The van der Waals surface area contributed by atoms with E-state index in [2.05, 4.69) is 19.1 Å². The molecular weight excluding hydrogens is 278 g/mol. The van der Waals surface area contributed by atoms with E-state index in [1.807, 2.05) is 0 Å². The molecular formula is C18H27NO3. The molecule has 4 nitrogen and oxygen atoms in total. The summed E-state index contributed by atoms with van der Waals surface area (Å²) in [6.45, 7) is 2.55. The van der Waals surface area contributed by atoms with Crippen molar-refractivity contribution in [2.45, 2.75) is 51.5 Å². The van der Waals surface area contributed by atoms with E-state index < -0.39 is 6.04 Å². The van der Waals surface area contributed by atoms with Gasteiger partial charge in [0, 0.05) is 0 Å². The average molecular weight is 305 g/mol. The fourth-order valence-corrected chi connectivity index (χ4v) is 2.07. The molecule has 0 saturated heterocycles. The molecule has 0 unspecified atom stereocenters. The summed E-state index contributed by atoms with van der Waals surface area (Å²) in [5.74, 6) is -0.160. The first kappa shape index (κ1) is 18.2. The summed E-state index contributed by atoms with van der Waals surface area (Å²) in [5, 5.41) is 9.21. The fourth-order valence-electron chi connectivity index (χ4n) is 2.07. The minimum Gasteiger partial charge on any atom is -0.508 e. The van der Waals surface area contributed by atoms with Crippen LogP contribution in [0.15, 0.2) is 36.4 Å². The number of rotatable bonds is 10. The SMILES string of the molecule is CC/C=C\CCCCCOC(=O)[C@@H](N)Cc1ccc(O)cc1. The number of carbonyl (C=O) groups excluding carboxylic acids is 1. The molecule has 4 heteroatoms. The monoisotopic (exact) mass is 305 g/mol. The minimum atomic E-state index is -0.656. The molecule has 0 aliphatic heterocycles. The highest BCUT2D eigenvalue weighted by atomic mass is 16.5. The highest BCUT2D eigenvalue weighted by molar-refractivity contribution is 5.75. The van der Waals surface area contributed by atoms with Crippen molar-refractivity contribution in [2.24, 2.45) is 5.73 Å². The molecule has 0 spiro atoms. The summed E-state index contributed by atoms with van der Waals surface area (Å²) in [4.78, 5) is 11.8. The molecule has 0 aliphatic rings. The Kier molecular flexibility index (Phi) is 9.00. The van der Waals surface area contributed by atoms with Crippen molar-refractivity contribution in [1.82, 2.24) is 0 Å². The molecule has 1 aromatic carbocycles. The Morgan fingerprint density at radius 2 is 1.95 bits per heavy atom. The lowest BCUT2D eigenvalue weighted by atomic mass is 10.1. The Morgan fingerprint density at radius 1 is 1.23 bits per heavy atom. The van der Waals surface area contributed by atoms with Gasteiger partial charge in [-0.1, -0.05) is 31.2 Å². The molecule has 1 atom stereocenters. The normalized spacial score (nSPS) is 12.5. The second-order valence-electron chi connectivity index (χ2n) is 5.37. The van der Waals surface area contributed by atoms with Gasteiger partial charge in [0.05, 0.1) is 6.61 Å². The first-order valence-electron chi connectivity index (χ1n) is 7.98.